The van der Waals surface area contributed by atoms with Gasteiger partial charge in [-0.2, -0.15) is 0 Å². The van der Waals surface area contributed by atoms with Gasteiger partial charge in [0.05, 0.1) is 18.1 Å². The molecule has 6 heteroatoms. The first-order valence-corrected chi connectivity index (χ1v) is 7.71. The first-order valence-electron chi connectivity index (χ1n) is 6.83. The number of carboxylic acids is 1. The number of nitrogens with zero attached hydrogens (tertiary/aromatic N) is 3. The van der Waals surface area contributed by atoms with E-state index in [1.54, 1.807) is 17.5 Å². The Hall–Kier alpha value is -1.79. The lowest BCUT2D eigenvalue weighted by Gasteiger charge is -2.23. The third kappa shape index (κ3) is 4.91. The van der Waals surface area contributed by atoms with Crippen molar-refractivity contribution in [1.29, 1.82) is 0 Å². The van der Waals surface area contributed by atoms with E-state index >= 15 is 0 Å². The highest BCUT2D eigenvalue weighted by molar-refractivity contribution is 7.09. The van der Waals surface area contributed by atoms with Gasteiger partial charge in [0.15, 0.2) is 5.69 Å². The minimum Gasteiger partial charge on any atom is -0.476 e. The van der Waals surface area contributed by atoms with Crippen molar-refractivity contribution in [2.75, 3.05) is 6.54 Å². The topological polar surface area (TPSA) is 66.3 Å². The average Bonchev–Trinajstić information content (AvgIpc) is 2.91. The summed E-state index contributed by atoms with van der Waals surface area (Å²) >= 11 is 1.74. The van der Waals surface area contributed by atoms with Gasteiger partial charge in [0.2, 0.25) is 0 Å². The molecule has 2 rings (SSSR count). The van der Waals surface area contributed by atoms with Crippen LogP contribution >= 0.6 is 11.3 Å². The maximum Gasteiger partial charge on any atom is 0.356 e. The van der Waals surface area contributed by atoms with Crippen molar-refractivity contribution >= 4 is 17.3 Å². The molecule has 0 unspecified atom stereocenters. The fraction of sp³-hybridized carbons (Fsp3) is 0.400. The Morgan fingerprint density at radius 1 is 1.33 bits per heavy atom. The third-order valence-corrected chi connectivity index (χ3v) is 3.75. The summed E-state index contributed by atoms with van der Waals surface area (Å²) in [7, 11) is 0. The Kier molecular flexibility index (Phi) is 5.41. The van der Waals surface area contributed by atoms with E-state index in [2.05, 4.69) is 46.2 Å². The molecule has 0 radical (unpaired) electrons. The largest absolute Gasteiger partial charge is 0.476 e. The van der Waals surface area contributed by atoms with Gasteiger partial charge in [-0.15, -0.1) is 11.3 Å². The van der Waals surface area contributed by atoms with Crippen LogP contribution in [0.4, 0.5) is 0 Å². The van der Waals surface area contributed by atoms with E-state index in [1.165, 1.54) is 11.1 Å². The van der Waals surface area contributed by atoms with E-state index in [-0.39, 0.29) is 5.69 Å². The van der Waals surface area contributed by atoms with Gasteiger partial charge in [0.25, 0.3) is 0 Å². The summed E-state index contributed by atoms with van der Waals surface area (Å²) < 4.78 is 0. The van der Waals surface area contributed by atoms with Crippen LogP contribution in [0.1, 0.15) is 34.9 Å². The number of thiophene rings is 1. The summed E-state index contributed by atoms with van der Waals surface area (Å²) in [6.45, 7) is 6.86. The van der Waals surface area contributed by atoms with Crippen LogP contribution in [0.25, 0.3) is 0 Å². The molecule has 0 bridgehead atoms. The predicted molar refractivity (Wildman–Crippen MR) is 82.3 cm³/mol. The van der Waals surface area contributed by atoms with Crippen LogP contribution < -0.4 is 0 Å². The number of hydrogen-bond donors (Lipinski definition) is 1. The van der Waals surface area contributed by atoms with Crippen molar-refractivity contribution in [3.05, 3.63) is 46.2 Å². The van der Waals surface area contributed by atoms with Crippen LogP contribution in [0, 0.1) is 5.92 Å². The van der Waals surface area contributed by atoms with Gasteiger partial charge in [0.1, 0.15) is 0 Å². The normalized spacial score (nSPS) is 11.2. The molecule has 1 N–H and O–H groups in total. The smallest absolute Gasteiger partial charge is 0.356 e. The van der Waals surface area contributed by atoms with Crippen LogP contribution in [0.15, 0.2) is 29.9 Å². The average molecular weight is 305 g/mol. The second kappa shape index (κ2) is 7.28. The van der Waals surface area contributed by atoms with Crippen molar-refractivity contribution in [3.8, 4) is 0 Å². The SMILES string of the molecule is CC(C)CN(Cc1cnc(C(=O)O)cn1)Cc1cccs1. The lowest BCUT2D eigenvalue weighted by atomic mass is 10.2. The van der Waals surface area contributed by atoms with Gasteiger partial charge in [0, 0.05) is 24.5 Å². The lowest BCUT2D eigenvalue weighted by Crippen LogP contribution is -2.27. The molecule has 21 heavy (non-hydrogen) atoms. The molecule has 2 aromatic rings. The van der Waals surface area contributed by atoms with Crippen LogP contribution in [-0.4, -0.2) is 32.5 Å². The fourth-order valence-corrected chi connectivity index (χ4v) is 2.85. The number of aromatic carboxylic acids is 1. The van der Waals surface area contributed by atoms with Crippen molar-refractivity contribution < 1.29 is 9.90 Å². The molecule has 112 valence electrons. The van der Waals surface area contributed by atoms with Crippen LogP contribution in [0.5, 0.6) is 0 Å². The summed E-state index contributed by atoms with van der Waals surface area (Å²) in [6, 6.07) is 4.17. The van der Waals surface area contributed by atoms with E-state index in [0.29, 0.717) is 12.5 Å². The van der Waals surface area contributed by atoms with Gasteiger partial charge in [-0.25, -0.2) is 9.78 Å². The molecule has 0 amide bonds. The van der Waals surface area contributed by atoms with Gasteiger partial charge < -0.3 is 5.11 Å². The summed E-state index contributed by atoms with van der Waals surface area (Å²) in [5, 5.41) is 10.9. The lowest BCUT2D eigenvalue weighted by molar-refractivity contribution is 0.0690. The molecule has 0 fully saturated rings. The fourth-order valence-electron chi connectivity index (χ4n) is 2.10. The van der Waals surface area contributed by atoms with Crippen molar-refractivity contribution in [2.24, 2.45) is 5.92 Å². The summed E-state index contributed by atoms with van der Waals surface area (Å²) in [6.07, 6.45) is 2.86. The zero-order valence-electron chi connectivity index (χ0n) is 12.2. The number of carbonyl (C=O) groups is 1. The Labute approximate surface area is 128 Å². The quantitative estimate of drug-likeness (QED) is 0.852. The standard InChI is InChI=1S/C15H19N3O2S/c1-11(2)8-18(10-13-4-3-5-21-13)9-12-6-17-14(7-16-12)15(19)20/h3-7,11H,8-10H2,1-2H3,(H,19,20). The Bertz CT molecular complexity index is 567. The minimum absolute atomic E-state index is 0.0209. The Balaban J connectivity index is 2.05. The van der Waals surface area contributed by atoms with Crippen LogP contribution in [-0.2, 0) is 13.1 Å². The zero-order chi connectivity index (χ0) is 15.2. The number of aromatic nitrogens is 2. The second-order valence-electron chi connectivity index (χ2n) is 5.34. The molecule has 0 aliphatic rings. The van der Waals surface area contributed by atoms with E-state index in [4.69, 9.17) is 5.11 Å². The number of hydrogen-bond acceptors (Lipinski definition) is 5. The van der Waals surface area contributed by atoms with Crippen molar-refractivity contribution in [3.63, 3.8) is 0 Å². The predicted octanol–water partition coefficient (Wildman–Crippen LogP) is 2.89. The molecule has 5 nitrogen and oxygen atoms in total. The number of carboxylic acid groups (broad SMARTS) is 1. The minimum atomic E-state index is -1.05. The van der Waals surface area contributed by atoms with Gasteiger partial charge in [-0.3, -0.25) is 9.88 Å². The van der Waals surface area contributed by atoms with Crippen molar-refractivity contribution in [2.45, 2.75) is 26.9 Å². The highest BCUT2D eigenvalue weighted by Gasteiger charge is 2.12. The van der Waals surface area contributed by atoms with E-state index in [0.717, 1.165) is 18.8 Å². The summed E-state index contributed by atoms with van der Waals surface area (Å²) in [5.41, 5.74) is 0.768. The molecule has 0 spiro atoms. The molecular weight excluding hydrogens is 286 g/mol. The Morgan fingerprint density at radius 2 is 2.14 bits per heavy atom. The molecule has 0 saturated heterocycles. The summed E-state index contributed by atoms with van der Waals surface area (Å²) in [5.74, 6) is -0.497. The monoisotopic (exact) mass is 305 g/mol. The molecule has 2 aromatic heterocycles. The Morgan fingerprint density at radius 3 is 2.67 bits per heavy atom. The van der Waals surface area contributed by atoms with E-state index in [9.17, 15) is 4.79 Å². The maximum atomic E-state index is 10.8. The maximum absolute atomic E-state index is 10.8. The zero-order valence-corrected chi connectivity index (χ0v) is 13.0. The third-order valence-electron chi connectivity index (χ3n) is 2.89. The van der Waals surface area contributed by atoms with Crippen LogP contribution in [0.2, 0.25) is 0 Å². The molecule has 0 aromatic carbocycles. The molecule has 2 heterocycles. The first-order chi connectivity index (χ1) is 10.0. The highest BCUT2D eigenvalue weighted by atomic mass is 32.1. The van der Waals surface area contributed by atoms with Gasteiger partial charge in [-0.1, -0.05) is 19.9 Å². The van der Waals surface area contributed by atoms with E-state index in [1.807, 2.05) is 0 Å². The second-order valence-corrected chi connectivity index (χ2v) is 6.37. The molecule has 0 aliphatic carbocycles. The van der Waals surface area contributed by atoms with E-state index < -0.39 is 5.97 Å². The van der Waals surface area contributed by atoms with Gasteiger partial charge >= 0.3 is 5.97 Å². The molecule has 0 saturated carbocycles. The molecule has 0 atom stereocenters. The van der Waals surface area contributed by atoms with Crippen molar-refractivity contribution in [1.82, 2.24) is 14.9 Å². The highest BCUT2D eigenvalue weighted by Crippen LogP contribution is 2.15. The van der Waals surface area contributed by atoms with Gasteiger partial charge in [-0.05, 0) is 17.4 Å². The molecule has 0 aliphatic heterocycles. The number of rotatable bonds is 7. The molecular formula is C15H19N3O2S. The van der Waals surface area contributed by atoms with Crippen LogP contribution in [0.3, 0.4) is 0 Å². The first kappa shape index (κ1) is 15.6. The summed E-state index contributed by atoms with van der Waals surface area (Å²) in [4.78, 5) is 22.5.